The lowest BCUT2D eigenvalue weighted by Crippen LogP contribution is -2.60. The zero-order valence-electron chi connectivity index (χ0n) is 18.0. The van der Waals surface area contributed by atoms with E-state index < -0.39 is 10.0 Å². The van der Waals surface area contributed by atoms with Crippen LogP contribution in [0.3, 0.4) is 0 Å². The van der Waals surface area contributed by atoms with Crippen LogP contribution in [0.5, 0.6) is 0 Å². The summed E-state index contributed by atoms with van der Waals surface area (Å²) in [5.74, 6) is 1.61. The van der Waals surface area contributed by atoms with Gasteiger partial charge in [-0.25, -0.2) is 8.42 Å². The highest BCUT2D eigenvalue weighted by Crippen LogP contribution is 2.22. The first kappa shape index (κ1) is 21.9. The molecule has 0 bridgehead atoms. The van der Waals surface area contributed by atoms with Gasteiger partial charge in [-0.2, -0.15) is 14.4 Å². The third-order valence-corrected chi connectivity index (χ3v) is 6.65. The Morgan fingerprint density at radius 2 is 2.07 bits per heavy atom. The van der Waals surface area contributed by atoms with Crippen molar-refractivity contribution in [1.82, 2.24) is 29.1 Å². The Balaban J connectivity index is 1.55. The molecule has 2 aromatic rings. The Kier molecular flexibility index (Phi) is 6.75. The van der Waals surface area contributed by atoms with Crippen LogP contribution in [0.2, 0.25) is 0 Å². The molecule has 0 saturated carbocycles. The molecule has 0 N–H and O–H groups in total. The standard InChI is InChI=1S/C19H32N6O3S/c1-6-24-15(4)16(10-20-24)11-23-12-17(13-23)25(29(5,26)27)8-7-18-21-19(28-22-18)9-14(2)3/h10,14,17H,6-9,11-13H2,1-5H3. The van der Waals surface area contributed by atoms with Crippen LogP contribution in [0.4, 0.5) is 0 Å². The third kappa shape index (κ3) is 5.43. The molecule has 0 aromatic carbocycles. The van der Waals surface area contributed by atoms with Gasteiger partial charge in [-0.15, -0.1) is 0 Å². The Hall–Kier alpha value is -1.78. The number of hydrogen-bond donors (Lipinski definition) is 0. The fourth-order valence-electron chi connectivity index (χ4n) is 3.71. The van der Waals surface area contributed by atoms with Crippen LogP contribution in [0.15, 0.2) is 10.7 Å². The molecular formula is C19H32N6O3S. The maximum absolute atomic E-state index is 12.3. The second-order valence-corrected chi connectivity index (χ2v) is 10.2. The fraction of sp³-hybridized carbons (Fsp3) is 0.737. The zero-order valence-corrected chi connectivity index (χ0v) is 18.8. The van der Waals surface area contributed by atoms with E-state index in [4.69, 9.17) is 4.52 Å². The molecular weight excluding hydrogens is 392 g/mol. The Morgan fingerprint density at radius 3 is 2.66 bits per heavy atom. The third-order valence-electron chi connectivity index (χ3n) is 5.32. The summed E-state index contributed by atoms with van der Waals surface area (Å²) >= 11 is 0. The average Bonchev–Trinajstić information content (AvgIpc) is 3.17. The lowest BCUT2D eigenvalue weighted by molar-refractivity contribution is 0.0729. The highest BCUT2D eigenvalue weighted by atomic mass is 32.2. The van der Waals surface area contributed by atoms with E-state index in [1.807, 2.05) is 10.9 Å². The second kappa shape index (κ2) is 8.93. The van der Waals surface area contributed by atoms with Gasteiger partial charge in [-0.1, -0.05) is 19.0 Å². The number of nitrogens with zero attached hydrogens (tertiary/aromatic N) is 6. The summed E-state index contributed by atoms with van der Waals surface area (Å²) in [7, 11) is -3.31. The minimum atomic E-state index is -3.31. The molecule has 0 amide bonds. The molecule has 9 nitrogen and oxygen atoms in total. The second-order valence-electron chi connectivity index (χ2n) is 8.24. The molecule has 0 atom stereocenters. The van der Waals surface area contributed by atoms with Gasteiger partial charge in [0, 0.05) is 56.8 Å². The first-order valence-electron chi connectivity index (χ1n) is 10.2. The van der Waals surface area contributed by atoms with Crippen molar-refractivity contribution in [2.45, 2.75) is 59.7 Å². The van der Waals surface area contributed by atoms with Crippen LogP contribution in [0, 0.1) is 12.8 Å². The highest BCUT2D eigenvalue weighted by molar-refractivity contribution is 7.88. The molecule has 0 aliphatic carbocycles. The van der Waals surface area contributed by atoms with Gasteiger partial charge in [0.1, 0.15) is 0 Å². The van der Waals surface area contributed by atoms with E-state index in [1.54, 1.807) is 4.31 Å². The van der Waals surface area contributed by atoms with Crippen molar-refractivity contribution in [2.24, 2.45) is 5.92 Å². The normalized spacial score (nSPS) is 16.1. The van der Waals surface area contributed by atoms with Crippen molar-refractivity contribution in [2.75, 3.05) is 25.9 Å². The van der Waals surface area contributed by atoms with Crippen LogP contribution in [-0.4, -0.2) is 69.5 Å². The monoisotopic (exact) mass is 424 g/mol. The Bertz CT molecular complexity index is 914. The number of aromatic nitrogens is 4. The first-order chi connectivity index (χ1) is 13.7. The van der Waals surface area contributed by atoms with Crippen LogP contribution < -0.4 is 0 Å². The molecule has 10 heteroatoms. The largest absolute Gasteiger partial charge is 0.339 e. The van der Waals surface area contributed by atoms with Gasteiger partial charge in [0.05, 0.1) is 18.5 Å². The molecule has 1 saturated heterocycles. The van der Waals surface area contributed by atoms with Crippen LogP contribution >= 0.6 is 0 Å². The van der Waals surface area contributed by atoms with E-state index in [-0.39, 0.29) is 6.04 Å². The molecule has 1 aliphatic heterocycles. The van der Waals surface area contributed by atoms with Crippen molar-refractivity contribution >= 4 is 10.0 Å². The van der Waals surface area contributed by atoms with Crippen molar-refractivity contribution in [3.63, 3.8) is 0 Å². The van der Waals surface area contributed by atoms with Crippen molar-refractivity contribution in [1.29, 1.82) is 0 Å². The van der Waals surface area contributed by atoms with Crippen molar-refractivity contribution in [3.8, 4) is 0 Å². The van der Waals surface area contributed by atoms with Crippen LogP contribution in [0.25, 0.3) is 0 Å². The average molecular weight is 425 g/mol. The van der Waals surface area contributed by atoms with Crippen molar-refractivity contribution < 1.29 is 12.9 Å². The molecule has 0 radical (unpaired) electrons. The van der Waals surface area contributed by atoms with Gasteiger partial charge >= 0.3 is 0 Å². The maximum atomic E-state index is 12.3. The predicted octanol–water partition coefficient (Wildman–Crippen LogP) is 1.48. The predicted molar refractivity (Wildman–Crippen MR) is 110 cm³/mol. The summed E-state index contributed by atoms with van der Waals surface area (Å²) in [6.07, 6.45) is 4.36. The number of likely N-dealkylation sites (tertiary alicyclic amines) is 1. The maximum Gasteiger partial charge on any atom is 0.226 e. The van der Waals surface area contributed by atoms with E-state index in [2.05, 4.69) is 47.8 Å². The van der Waals surface area contributed by atoms with Crippen LogP contribution in [-0.2, 0) is 36.0 Å². The van der Waals surface area contributed by atoms with Gasteiger partial charge in [-0.3, -0.25) is 9.58 Å². The molecule has 29 heavy (non-hydrogen) atoms. The van der Waals surface area contributed by atoms with E-state index in [9.17, 15) is 8.42 Å². The summed E-state index contributed by atoms with van der Waals surface area (Å²) in [6, 6.07) is -0.0199. The molecule has 3 rings (SSSR count). The molecule has 3 heterocycles. The summed E-state index contributed by atoms with van der Waals surface area (Å²) in [4.78, 5) is 6.63. The first-order valence-corrected chi connectivity index (χ1v) is 12.0. The zero-order chi connectivity index (χ0) is 21.2. The minimum absolute atomic E-state index is 0.0199. The molecule has 0 spiro atoms. The van der Waals surface area contributed by atoms with Gasteiger partial charge in [0.15, 0.2) is 5.82 Å². The quantitative estimate of drug-likeness (QED) is 0.570. The Labute approximate surface area is 173 Å². The van der Waals surface area contributed by atoms with Gasteiger partial charge in [0.2, 0.25) is 15.9 Å². The summed E-state index contributed by atoms with van der Waals surface area (Å²) in [5.41, 5.74) is 2.37. The highest BCUT2D eigenvalue weighted by Gasteiger charge is 2.36. The van der Waals surface area contributed by atoms with Crippen molar-refractivity contribution in [3.05, 3.63) is 29.2 Å². The van der Waals surface area contributed by atoms with E-state index in [0.717, 1.165) is 19.5 Å². The van der Waals surface area contributed by atoms with Gasteiger partial charge in [0.25, 0.3) is 0 Å². The van der Waals surface area contributed by atoms with Crippen LogP contribution in [0.1, 0.15) is 43.7 Å². The lowest BCUT2D eigenvalue weighted by Gasteiger charge is -2.44. The SMILES string of the molecule is CCn1ncc(CN2CC(N(CCc3noc(CC(C)C)n3)S(C)(=O)=O)C2)c1C. The minimum Gasteiger partial charge on any atom is -0.339 e. The molecule has 162 valence electrons. The summed E-state index contributed by atoms with van der Waals surface area (Å²) in [5, 5.41) is 8.37. The van der Waals surface area contributed by atoms with E-state index >= 15 is 0 Å². The summed E-state index contributed by atoms with van der Waals surface area (Å²) < 4.78 is 33.5. The smallest absolute Gasteiger partial charge is 0.226 e. The fourth-order valence-corrected chi connectivity index (χ4v) is 4.81. The number of rotatable bonds is 10. The van der Waals surface area contributed by atoms with Gasteiger partial charge < -0.3 is 4.52 Å². The molecule has 1 fully saturated rings. The lowest BCUT2D eigenvalue weighted by atomic mass is 10.1. The molecule has 2 aromatic heterocycles. The van der Waals surface area contributed by atoms with E-state index in [0.29, 0.717) is 43.7 Å². The topological polar surface area (TPSA) is 97.4 Å². The van der Waals surface area contributed by atoms with E-state index in [1.165, 1.54) is 17.5 Å². The Morgan fingerprint density at radius 1 is 1.34 bits per heavy atom. The number of sulfonamides is 1. The number of hydrogen-bond acceptors (Lipinski definition) is 7. The van der Waals surface area contributed by atoms with Gasteiger partial charge in [-0.05, 0) is 19.8 Å². The molecule has 0 unspecified atom stereocenters. The molecule has 1 aliphatic rings. The summed E-state index contributed by atoms with van der Waals surface area (Å²) in [6.45, 7) is 11.8. The number of aryl methyl sites for hydroxylation is 1.